The first kappa shape index (κ1) is 12.5. The van der Waals surface area contributed by atoms with E-state index in [-0.39, 0.29) is 23.3 Å². The molecule has 1 amide bonds. The van der Waals surface area contributed by atoms with Gasteiger partial charge in [0.1, 0.15) is 0 Å². The summed E-state index contributed by atoms with van der Waals surface area (Å²) in [4.78, 5) is 11.9. The second-order valence-electron chi connectivity index (χ2n) is 5.53. The van der Waals surface area contributed by atoms with Crippen molar-refractivity contribution in [2.24, 2.45) is 11.3 Å². The largest absolute Gasteiger partial charge is 0.353 e. The van der Waals surface area contributed by atoms with Crippen LogP contribution in [0.15, 0.2) is 0 Å². The fourth-order valence-electron chi connectivity index (χ4n) is 2.10. The van der Waals surface area contributed by atoms with Gasteiger partial charge in [0.15, 0.2) is 0 Å². The van der Waals surface area contributed by atoms with E-state index in [0.29, 0.717) is 0 Å². The SMILES string of the molecule is CCC(NC(=O)C1CCNC1)C(C)(C)C. The number of rotatable bonds is 3. The number of nitrogens with one attached hydrogen (secondary N) is 2. The summed E-state index contributed by atoms with van der Waals surface area (Å²) in [6.07, 6.45) is 1.97. The van der Waals surface area contributed by atoms with Crippen LogP contribution in [0.5, 0.6) is 0 Å². The molecule has 2 N–H and O–H groups in total. The highest BCUT2D eigenvalue weighted by Gasteiger charge is 2.28. The quantitative estimate of drug-likeness (QED) is 0.745. The summed E-state index contributed by atoms with van der Waals surface area (Å²) in [5, 5.41) is 6.39. The van der Waals surface area contributed by atoms with E-state index in [1.165, 1.54) is 0 Å². The minimum Gasteiger partial charge on any atom is -0.353 e. The summed E-state index contributed by atoms with van der Waals surface area (Å²) in [6, 6.07) is 0.283. The molecule has 0 aliphatic carbocycles. The van der Waals surface area contributed by atoms with Crippen molar-refractivity contribution in [1.29, 1.82) is 0 Å². The average molecular weight is 212 g/mol. The monoisotopic (exact) mass is 212 g/mol. The molecule has 2 atom stereocenters. The van der Waals surface area contributed by atoms with Gasteiger partial charge in [-0.1, -0.05) is 27.7 Å². The predicted molar refractivity (Wildman–Crippen MR) is 62.7 cm³/mol. The normalized spacial score (nSPS) is 23.9. The Morgan fingerprint density at radius 1 is 1.53 bits per heavy atom. The highest BCUT2D eigenvalue weighted by molar-refractivity contribution is 5.79. The lowest BCUT2D eigenvalue weighted by molar-refractivity contribution is -0.125. The van der Waals surface area contributed by atoms with Crippen LogP contribution in [0.4, 0.5) is 0 Å². The molecule has 3 heteroatoms. The van der Waals surface area contributed by atoms with E-state index in [1.807, 2.05) is 0 Å². The van der Waals surface area contributed by atoms with E-state index in [0.717, 1.165) is 25.9 Å². The van der Waals surface area contributed by atoms with Crippen LogP contribution in [0.1, 0.15) is 40.5 Å². The van der Waals surface area contributed by atoms with Gasteiger partial charge < -0.3 is 10.6 Å². The van der Waals surface area contributed by atoms with Crippen molar-refractivity contribution in [3.05, 3.63) is 0 Å². The number of hydrogen-bond donors (Lipinski definition) is 2. The lowest BCUT2D eigenvalue weighted by Crippen LogP contribution is -2.46. The van der Waals surface area contributed by atoms with Gasteiger partial charge in [0.2, 0.25) is 5.91 Å². The molecule has 0 aromatic heterocycles. The van der Waals surface area contributed by atoms with E-state index >= 15 is 0 Å². The highest BCUT2D eigenvalue weighted by Crippen LogP contribution is 2.22. The fourth-order valence-corrected chi connectivity index (χ4v) is 2.10. The smallest absolute Gasteiger partial charge is 0.224 e. The van der Waals surface area contributed by atoms with Crippen molar-refractivity contribution in [2.75, 3.05) is 13.1 Å². The topological polar surface area (TPSA) is 41.1 Å². The van der Waals surface area contributed by atoms with Crippen molar-refractivity contribution in [3.63, 3.8) is 0 Å². The van der Waals surface area contributed by atoms with Crippen LogP contribution in [-0.4, -0.2) is 25.0 Å². The molecule has 1 saturated heterocycles. The van der Waals surface area contributed by atoms with Crippen LogP contribution in [0.3, 0.4) is 0 Å². The zero-order valence-electron chi connectivity index (χ0n) is 10.4. The number of carbonyl (C=O) groups is 1. The Kier molecular flexibility index (Phi) is 4.14. The third kappa shape index (κ3) is 3.49. The Bertz CT molecular complexity index is 214. The molecular formula is C12H24N2O. The second kappa shape index (κ2) is 4.97. The van der Waals surface area contributed by atoms with Gasteiger partial charge in [0.25, 0.3) is 0 Å². The Balaban J connectivity index is 2.47. The summed E-state index contributed by atoms with van der Waals surface area (Å²) in [5.41, 5.74) is 0.149. The Morgan fingerprint density at radius 2 is 2.20 bits per heavy atom. The van der Waals surface area contributed by atoms with Crippen molar-refractivity contribution in [2.45, 2.75) is 46.6 Å². The van der Waals surface area contributed by atoms with Crippen LogP contribution in [0, 0.1) is 11.3 Å². The van der Waals surface area contributed by atoms with E-state index in [2.05, 4.69) is 38.3 Å². The molecule has 88 valence electrons. The van der Waals surface area contributed by atoms with Crippen LogP contribution < -0.4 is 10.6 Å². The van der Waals surface area contributed by atoms with Gasteiger partial charge in [-0.15, -0.1) is 0 Å². The molecular weight excluding hydrogens is 188 g/mol. The number of hydrogen-bond acceptors (Lipinski definition) is 2. The molecule has 0 bridgehead atoms. The minimum atomic E-state index is 0.149. The van der Waals surface area contributed by atoms with Gasteiger partial charge in [0, 0.05) is 12.6 Å². The molecule has 1 fully saturated rings. The van der Waals surface area contributed by atoms with E-state index < -0.39 is 0 Å². The maximum Gasteiger partial charge on any atom is 0.224 e. The Hall–Kier alpha value is -0.570. The number of carbonyl (C=O) groups excluding carboxylic acids is 1. The summed E-state index contributed by atoms with van der Waals surface area (Å²) < 4.78 is 0. The molecule has 0 radical (unpaired) electrons. The highest BCUT2D eigenvalue weighted by atomic mass is 16.2. The summed E-state index contributed by atoms with van der Waals surface area (Å²) in [5.74, 6) is 0.406. The van der Waals surface area contributed by atoms with Gasteiger partial charge in [-0.3, -0.25) is 4.79 Å². The lowest BCUT2D eigenvalue weighted by Gasteiger charge is -2.31. The summed E-state index contributed by atoms with van der Waals surface area (Å²) in [7, 11) is 0. The molecule has 0 aromatic carbocycles. The third-order valence-electron chi connectivity index (χ3n) is 3.20. The van der Waals surface area contributed by atoms with Gasteiger partial charge >= 0.3 is 0 Å². The van der Waals surface area contributed by atoms with Crippen LogP contribution in [0.25, 0.3) is 0 Å². The van der Waals surface area contributed by atoms with Gasteiger partial charge in [-0.25, -0.2) is 0 Å². The Labute approximate surface area is 93.0 Å². The first-order valence-corrected chi connectivity index (χ1v) is 5.96. The number of amides is 1. The summed E-state index contributed by atoms with van der Waals surface area (Å²) >= 11 is 0. The maximum absolute atomic E-state index is 11.9. The van der Waals surface area contributed by atoms with Crippen LogP contribution in [0.2, 0.25) is 0 Å². The van der Waals surface area contributed by atoms with Gasteiger partial charge in [0.05, 0.1) is 5.92 Å². The zero-order valence-corrected chi connectivity index (χ0v) is 10.4. The molecule has 1 aliphatic heterocycles. The standard InChI is InChI=1S/C12H24N2O/c1-5-10(12(2,3)4)14-11(15)9-6-7-13-8-9/h9-10,13H,5-8H2,1-4H3,(H,14,15). The zero-order chi connectivity index (χ0) is 11.5. The van der Waals surface area contributed by atoms with Crippen molar-refractivity contribution < 1.29 is 4.79 Å². The maximum atomic E-state index is 11.9. The molecule has 3 nitrogen and oxygen atoms in total. The molecule has 1 heterocycles. The molecule has 0 aromatic rings. The average Bonchev–Trinajstić information content (AvgIpc) is 2.64. The molecule has 1 rings (SSSR count). The molecule has 2 unspecified atom stereocenters. The van der Waals surface area contributed by atoms with E-state index in [1.54, 1.807) is 0 Å². The third-order valence-corrected chi connectivity index (χ3v) is 3.20. The fraction of sp³-hybridized carbons (Fsp3) is 0.917. The Morgan fingerprint density at radius 3 is 2.60 bits per heavy atom. The van der Waals surface area contributed by atoms with Gasteiger partial charge in [-0.05, 0) is 24.8 Å². The van der Waals surface area contributed by atoms with Crippen LogP contribution in [-0.2, 0) is 4.79 Å². The van der Waals surface area contributed by atoms with E-state index in [4.69, 9.17) is 0 Å². The molecule has 0 saturated carbocycles. The van der Waals surface area contributed by atoms with Crippen molar-refractivity contribution in [3.8, 4) is 0 Å². The predicted octanol–water partition coefficient (Wildman–Crippen LogP) is 1.54. The second-order valence-corrected chi connectivity index (χ2v) is 5.53. The van der Waals surface area contributed by atoms with E-state index in [9.17, 15) is 4.79 Å². The molecule has 1 aliphatic rings. The van der Waals surface area contributed by atoms with Gasteiger partial charge in [-0.2, -0.15) is 0 Å². The summed E-state index contributed by atoms with van der Waals surface area (Å²) in [6.45, 7) is 10.5. The van der Waals surface area contributed by atoms with Crippen molar-refractivity contribution >= 4 is 5.91 Å². The van der Waals surface area contributed by atoms with Crippen molar-refractivity contribution in [1.82, 2.24) is 10.6 Å². The first-order valence-electron chi connectivity index (χ1n) is 5.96. The molecule has 15 heavy (non-hydrogen) atoms. The lowest BCUT2D eigenvalue weighted by atomic mass is 9.85. The first-order chi connectivity index (χ1) is 6.95. The molecule has 0 spiro atoms. The van der Waals surface area contributed by atoms with Crippen LogP contribution >= 0.6 is 0 Å². The minimum absolute atomic E-state index is 0.149.